The molecular formula is C25H36N-. The summed E-state index contributed by atoms with van der Waals surface area (Å²) in [6.07, 6.45) is 0. The van der Waals surface area contributed by atoms with Crippen molar-refractivity contribution in [3.8, 4) is 0 Å². The van der Waals surface area contributed by atoms with E-state index >= 15 is 0 Å². The van der Waals surface area contributed by atoms with Crippen molar-refractivity contribution in [1.82, 2.24) is 4.57 Å². The summed E-state index contributed by atoms with van der Waals surface area (Å²) in [5, 5.41) is 1.46. The van der Waals surface area contributed by atoms with E-state index in [9.17, 15) is 0 Å². The molecule has 0 N–H and O–H groups in total. The molecule has 0 radical (unpaired) electrons. The third-order valence-corrected chi connectivity index (χ3v) is 7.22. The van der Waals surface area contributed by atoms with E-state index in [1.54, 1.807) is 0 Å². The smallest absolute Gasteiger partial charge is 0.0517 e. The van der Waals surface area contributed by atoms with Gasteiger partial charge in [-0.3, -0.25) is 0 Å². The van der Waals surface area contributed by atoms with Gasteiger partial charge in [-0.25, -0.2) is 0 Å². The van der Waals surface area contributed by atoms with Crippen LogP contribution in [0.1, 0.15) is 61.3 Å². The highest BCUT2D eigenvalue weighted by Crippen LogP contribution is 2.34. The Bertz CT molecular complexity index is 859. The lowest BCUT2D eigenvalue weighted by Gasteiger charge is -2.12. The number of rotatable bonds is 0. The van der Waals surface area contributed by atoms with Crippen molar-refractivity contribution in [2.24, 2.45) is 7.05 Å². The summed E-state index contributed by atoms with van der Waals surface area (Å²) >= 11 is 0. The molecule has 1 heterocycles. The third-order valence-electron chi connectivity index (χ3n) is 7.22. The summed E-state index contributed by atoms with van der Waals surface area (Å²) in [5.74, 6) is 0. The fourth-order valence-corrected chi connectivity index (χ4v) is 4.18. The minimum atomic E-state index is 1.38. The summed E-state index contributed by atoms with van der Waals surface area (Å²) in [5.41, 5.74) is 17.3. The van der Waals surface area contributed by atoms with E-state index in [0.29, 0.717) is 0 Å². The predicted molar refractivity (Wildman–Crippen MR) is 117 cm³/mol. The number of aryl methyl sites for hydroxylation is 4. The van der Waals surface area contributed by atoms with Crippen LogP contribution in [0.5, 0.6) is 0 Å². The molecule has 26 heavy (non-hydrogen) atoms. The first-order valence-corrected chi connectivity index (χ1v) is 9.64. The van der Waals surface area contributed by atoms with Crippen molar-refractivity contribution in [1.29, 1.82) is 0 Å². The van der Waals surface area contributed by atoms with Gasteiger partial charge in [0.2, 0.25) is 0 Å². The normalized spacial score (nSPS) is 11.1. The molecule has 0 saturated carbocycles. The third kappa shape index (κ3) is 2.92. The lowest BCUT2D eigenvalue weighted by molar-refractivity contribution is 0.905. The number of aromatic nitrogens is 1. The van der Waals surface area contributed by atoms with Gasteiger partial charge in [-0.05, 0) is 69.4 Å². The van der Waals surface area contributed by atoms with Gasteiger partial charge in [0.15, 0.2) is 0 Å². The highest BCUT2D eigenvalue weighted by atomic mass is 14.9. The van der Waals surface area contributed by atoms with Gasteiger partial charge >= 0.3 is 0 Å². The first kappa shape index (κ1) is 20.4. The van der Waals surface area contributed by atoms with Crippen LogP contribution < -0.4 is 0 Å². The topological polar surface area (TPSA) is 4.93 Å². The minimum absolute atomic E-state index is 1.38. The molecule has 1 heteroatoms. The zero-order valence-electron chi connectivity index (χ0n) is 18.9. The van der Waals surface area contributed by atoms with E-state index in [1.807, 2.05) is 0 Å². The van der Waals surface area contributed by atoms with E-state index in [4.69, 9.17) is 0 Å². The molecule has 0 aliphatic rings. The summed E-state index contributed by atoms with van der Waals surface area (Å²) in [7, 11) is 2.17. The second kappa shape index (κ2) is 7.02. The number of fused-ring (bicyclic) bond motifs is 1. The maximum absolute atomic E-state index is 2.33. The zero-order valence-corrected chi connectivity index (χ0v) is 18.9. The first-order chi connectivity index (χ1) is 11.9. The van der Waals surface area contributed by atoms with E-state index in [1.165, 1.54) is 72.2 Å². The Morgan fingerprint density at radius 2 is 0.962 bits per heavy atom. The van der Waals surface area contributed by atoms with E-state index in [0.717, 1.165) is 0 Å². The SMILES string of the molecule is Cc1c(C)c(C)[c-](C)c1C.Cc1c(C)c(C)c2c(c1C)c(C)c(C)n2C. The predicted octanol–water partition coefficient (Wildman–Crippen LogP) is 6.98. The molecule has 1 aromatic heterocycles. The Labute approximate surface area is 160 Å². The van der Waals surface area contributed by atoms with Crippen LogP contribution in [0.3, 0.4) is 0 Å². The van der Waals surface area contributed by atoms with Gasteiger partial charge in [-0.15, -0.1) is 0 Å². The molecule has 0 fully saturated rings. The number of benzene rings is 1. The quantitative estimate of drug-likeness (QED) is 0.386. The highest BCUT2D eigenvalue weighted by molar-refractivity contribution is 5.92. The summed E-state index contributed by atoms with van der Waals surface area (Å²) in [4.78, 5) is 0. The second-order valence-electron chi connectivity index (χ2n) is 8.12. The molecule has 3 rings (SSSR count). The Morgan fingerprint density at radius 3 is 1.35 bits per heavy atom. The van der Waals surface area contributed by atoms with Gasteiger partial charge in [0.25, 0.3) is 0 Å². The fraction of sp³-hybridized carbons (Fsp3) is 0.480. The van der Waals surface area contributed by atoms with Crippen molar-refractivity contribution >= 4 is 10.9 Å². The zero-order chi connectivity index (χ0) is 20.1. The van der Waals surface area contributed by atoms with Gasteiger partial charge in [0.05, 0.1) is 5.52 Å². The van der Waals surface area contributed by atoms with Crippen molar-refractivity contribution in [3.05, 3.63) is 61.3 Å². The second-order valence-corrected chi connectivity index (χ2v) is 8.12. The van der Waals surface area contributed by atoms with Crippen LogP contribution in [0, 0.1) is 76.2 Å². The number of hydrogen-bond donors (Lipinski definition) is 0. The standard InChI is InChI=1S/C15H21N.C10H15/c1-8-9(2)11(4)15-14(10(8)3)12(5)13(6)16(15)7;1-6-7(2)9(4)10(5)8(6)3/h1-7H3;1-5H3/q;-1. The van der Waals surface area contributed by atoms with Crippen LogP contribution in [0.25, 0.3) is 10.9 Å². The van der Waals surface area contributed by atoms with E-state index in [2.05, 4.69) is 87.8 Å². The Morgan fingerprint density at radius 1 is 0.538 bits per heavy atom. The summed E-state index contributed by atoms with van der Waals surface area (Å²) < 4.78 is 2.33. The number of nitrogens with zero attached hydrogens (tertiary/aromatic N) is 1. The average molecular weight is 351 g/mol. The maximum Gasteiger partial charge on any atom is 0.0517 e. The van der Waals surface area contributed by atoms with Crippen LogP contribution in [-0.4, -0.2) is 4.57 Å². The highest BCUT2D eigenvalue weighted by Gasteiger charge is 2.16. The fourth-order valence-electron chi connectivity index (χ4n) is 4.18. The van der Waals surface area contributed by atoms with Crippen molar-refractivity contribution in [2.75, 3.05) is 0 Å². The Balaban J connectivity index is 0.000000209. The number of hydrogen-bond acceptors (Lipinski definition) is 0. The molecule has 0 atom stereocenters. The molecule has 0 aliphatic carbocycles. The van der Waals surface area contributed by atoms with Gasteiger partial charge in [0, 0.05) is 18.1 Å². The maximum atomic E-state index is 2.33. The van der Waals surface area contributed by atoms with Crippen LogP contribution in [-0.2, 0) is 7.05 Å². The summed E-state index contributed by atoms with van der Waals surface area (Å²) in [6.45, 7) is 24.4. The molecule has 0 spiro atoms. The lowest BCUT2D eigenvalue weighted by Crippen LogP contribution is -1.97. The monoisotopic (exact) mass is 350 g/mol. The molecule has 3 aromatic rings. The van der Waals surface area contributed by atoms with Crippen molar-refractivity contribution < 1.29 is 0 Å². The molecule has 0 saturated heterocycles. The molecule has 0 amide bonds. The molecule has 2 aromatic carbocycles. The van der Waals surface area contributed by atoms with Crippen molar-refractivity contribution in [3.63, 3.8) is 0 Å². The van der Waals surface area contributed by atoms with E-state index < -0.39 is 0 Å². The van der Waals surface area contributed by atoms with Crippen molar-refractivity contribution in [2.45, 2.75) is 76.2 Å². The van der Waals surface area contributed by atoms with Gasteiger partial charge in [-0.1, -0.05) is 34.6 Å². The molecule has 1 nitrogen and oxygen atoms in total. The molecule has 142 valence electrons. The van der Waals surface area contributed by atoms with Crippen LogP contribution in [0.4, 0.5) is 0 Å². The van der Waals surface area contributed by atoms with E-state index in [-0.39, 0.29) is 0 Å². The van der Waals surface area contributed by atoms with Gasteiger partial charge in [0.1, 0.15) is 0 Å². The molecule has 0 unspecified atom stereocenters. The average Bonchev–Trinajstić information content (AvgIpc) is 2.94. The van der Waals surface area contributed by atoms with Crippen LogP contribution >= 0.6 is 0 Å². The molecule has 0 aliphatic heterocycles. The Hall–Kier alpha value is -1.89. The Kier molecular flexibility index (Phi) is 5.52. The summed E-state index contributed by atoms with van der Waals surface area (Å²) in [6, 6.07) is 0. The largest absolute Gasteiger partial charge is 0.347 e. The van der Waals surface area contributed by atoms with Crippen LogP contribution in [0.15, 0.2) is 0 Å². The lowest BCUT2D eigenvalue weighted by atomic mass is 9.94. The first-order valence-electron chi connectivity index (χ1n) is 9.64. The van der Waals surface area contributed by atoms with Crippen LogP contribution in [0.2, 0.25) is 0 Å². The molecular weight excluding hydrogens is 314 g/mol. The van der Waals surface area contributed by atoms with Gasteiger partial charge < -0.3 is 4.57 Å². The minimum Gasteiger partial charge on any atom is -0.347 e. The van der Waals surface area contributed by atoms with Gasteiger partial charge in [-0.2, -0.15) is 27.8 Å². The molecule has 0 bridgehead atoms.